The van der Waals surface area contributed by atoms with Gasteiger partial charge >= 0.3 is 0 Å². The summed E-state index contributed by atoms with van der Waals surface area (Å²) in [4.78, 5) is 10.5. The van der Waals surface area contributed by atoms with E-state index in [4.69, 9.17) is 10.00 Å². The highest BCUT2D eigenvalue weighted by Gasteiger charge is 2.25. The molecule has 3 rings (SSSR count). The smallest absolute Gasteiger partial charge is 0.232 e. The molecule has 1 saturated heterocycles. The van der Waals surface area contributed by atoms with Crippen molar-refractivity contribution in [3.8, 4) is 6.07 Å². The van der Waals surface area contributed by atoms with Crippen LogP contribution in [0, 0.1) is 11.3 Å². The Labute approximate surface area is 123 Å². The summed E-state index contributed by atoms with van der Waals surface area (Å²) < 4.78 is 5.82. The van der Waals surface area contributed by atoms with Crippen LogP contribution in [0.5, 0.6) is 0 Å². The van der Waals surface area contributed by atoms with Gasteiger partial charge in [0.1, 0.15) is 12.3 Å². The molecule has 0 radical (unpaired) electrons. The fourth-order valence-electron chi connectivity index (χ4n) is 2.22. The minimum Gasteiger partial charge on any atom is -0.355 e. The average molecular weight is 281 g/mol. The molecule has 6 heteroatoms. The summed E-state index contributed by atoms with van der Waals surface area (Å²) in [5.41, 5.74) is 1.39. The standard InChI is InChI=1S/C15H15N5O/c16-8-12-9-18-15(19-10-12)20(13-4-2-1-3-5-13)14-11-17-6-7-21-14/h1-5,9-10,14,17H,6-7,11H2. The Hall–Kier alpha value is -2.49. The molecule has 1 fully saturated rings. The van der Waals surface area contributed by atoms with Crippen molar-refractivity contribution in [2.24, 2.45) is 0 Å². The van der Waals surface area contributed by atoms with E-state index in [-0.39, 0.29) is 6.23 Å². The van der Waals surface area contributed by atoms with Crippen LogP contribution in [0.2, 0.25) is 0 Å². The van der Waals surface area contributed by atoms with Crippen LogP contribution in [0.4, 0.5) is 11.6 Å². The first kappa shape index (κ1) is 13.5. The maximum atomic E-state index is 8.85. The van der Waals surface area contributed by atoms with E-state index in [1.807, 2.05) is 41.3 Å². The minimum absolute atomic E-state index is 0.172. The van der Waals surface area contributed by atoms with Crippen molar-refractivity contribution >= 4 is 11.6 Å². The first-order valence-corrected chi connectivity index (χ1v) is 6.77. The molecule has 2 heterocycles. The van der Waals surface area contributed by atoms with E-state index in [0.29, 0.717) is 24.7 Å². The highest BCUT2D eigenvalue weighted by Crippen LogP contribution is 2.25. The number of hydrogen-bond donors (Lipinski definition) is 1. The summed E-state index contributed by atoms with van der Waals surface area (Å²) in [6.45, 7) is 2.18. The van der Waals surface area contributed by atoms with Crippen molar-refractivity contribution < 1.29 is 4.74 Å². The van der Waals surface area contributed by atoms with E-state index in [1.54, 1.807) is 0 Å². The lowest BCUT2D eigenvalue weighted by Crippen LogP contribution is -2.48. The Bertz CT molecular complexity index is 617. The molecule has 1 N–H and O–H groups in total. The SMILES string of the molecule is N#Cc1cnc(N(c2ccccc2)C2CNCCO2)nc1. The van der Waals surface area contributed by atoms with Crippen molar-refractivity contribution in [3.63, 3.8) is 0 Å². The van der Waals surface area contributed by atoms with Crippen LogP contribution in [-0.2, 0) is 4.74 Å². The number of para-hydroxylation sites is 1. The molecule has 1 aromatic heterocycles. The predicted octanol–water partition coefficient (Wildman–Crippen LogP) is 1.43. The third kappa shape index (κ3) is 2.99. The van der Waals surface area contributed by atoms with Crippen LogP contribution in [0.3, 0.4) is 0 Å². The predicted molar refractivity (Wildman–Crippen MR) is 77.9 cm³/mol. The van der Waals surface area contributed by atoms with Crippen LogP contribution in [-0.4, -0.2) is 35.9 Å². The zero-order valence-corrected chi connectivity index (χ0v) is 11.4. The molecule has 6 nitrogen and oxygen atoms in total. The van der Waals surface area contributed by atoms with E-state index in [1.165, 1.54) is 12.4 Å². The quantitative estimate of drug-likeness (QED) is 0.917. The lowest BCUT2D eigenvalue weighted by molar-refractivity contribution is 0.0324. The Balaban J connectivity index is 1.96. The molecule has 0 amide bonds. The van der Waals surface area contributed by atoms with Crippen molar-refractivity contribution in [2.45, 2.75) is 6.23 Å². The van der Waals surface area contributed by atoms with Crippen LogP contribution in [0.25, 0.3) is 0 Å². The van der Waals surface area contributed by atoms with E-state index in [2.05, 4.69) is 15.3 Å². The second-order valence-electron chi connectivity index (χ2n) is 4.62. The molecular weight excluding hydrogens is 266 g/mol. The van der Waals surface area contributed by atoms with Crippen molar-refractivity contribution in [1.82, 2.24) is 15.3 Å². The number of nitriles is 1. The molecule has 0 spiro atoms. The molecule has 0 saturated carbocycles. The van der Waals surface area contributed by atoms with E-state index < -0.39 is 0 Å². The molecule has 1 atom stereocenters. The van der Waals surface area contributed by atoms with Gasteiger partial charge in [0.15, 0.2) is 0 Å². The number of ether oxygens (including phenoxy) is 1. The zero-order chi connectivity index (χ0) is 14.5. The lowest BCUT2D eigenvalue weighted by atomic mass is 10.2. The molecule has 2 aromatic rings. The maximum absolute atomic E-state index is 8.85. The molecule has 1 aliphatic rings. The number of rotatable bonds is 3. The van der Waals surface area contributed by atoms with Crippen LogP contribution < -0.4 is 10.2 Å². The molecule has 21 heavy (non-hydrogen) atoms. The van der Waals surface area contributed by atoms with Crippen LogP contribution in [0.15, 0.2) is 42.7 Å². The van der Waals surface area contributed by atoms with Gasteiger partial charge in [-0.15, -0.1) is 0 Å². The minimum atomic E-state index is -0.172. The van der Waals surface area contributed by atoms with E-state index in [0.717, 1.165) is 12.2 Å². The summed E-state index contributed by atoms with van der Waals surface area (Å²) in [5.74, 6) is 0.522. The number of aromatic nitrogens is 2. The molecule has 0 aliphatic carbocycles. The molecule has 106 valence electrons. The molecule has 1 aliphatic heterocycles. The van der Waals surface area contributed by atoms with Gasteiger partial charge in [0.05, 0.1) is 24.6 Å². The van der Waals surface area contributed by atoms with Gasteiger partial charge in [-0.05, 0) is 12.1 Å². The van der Waals surface area contributed by atoms with Crippen LogP contribution in [0.1, 0.15) is 5.56 Å². The monoisotopic (exact) mass is 281 g/mol. The first-order chi connectivity index (χ1) is 10.4. The Morgan fingerprint density at radius 3 is 2.62 bits per heavy atom. The van der Waals surface area contributed by atoms with Gasteiger partial charge in [0.25, 0.3) is 0 Å². The van der Waals surface area contributed by atoms with Gasteiger partial charge in [-0.3, -0.25) is 4.90 Å². The zero-order valence-electron chi connectivity index (χ0n) is 11.4. The number of nitrogens with one attached hydrogen (secondary N) is 1. The van der Waals surface area contributed by atoms with Gasteiger partial charge < -0.3 is 10.1 Å². The average Bonchev–Trinajstić information content (AvgIpc) is 2.58. The molecular formula is C15H15N5O. The fraction of sp³-hybridized carbons (Fsp3) is 0.267. The van der Waals surface area contributed by atoms with E-state index in [9.17, 15) is 0 Å². The molecule has 1 aromatic carbocycles. The Kier molecular flexibility index (Phi) is 4.05. The van der Waals surface area contributed by atoms with Gasteiger partial charge in [0.2, 0.25) is 5.95 Å². The first-order valence-electron chi connectivity index (χ1n) is 6.77. The second-order valence-corrected chi connectivity index (χ2v) is 4.62. The highest BCUT2D eigenvalue weighted by molar-refractivity contribution is 5.57. The summed E-state index contributed by atoms with van der Waals surface area (Å²) in [6.07, 6.45) is 2.87. The number of hydrogen-bond acceptors (Lipinski definition) is 6. The summed E-state index contributed by atoms with van der Waals surface area (Å²) in [7, 11) is 0. The van der Waals surface area contributed by atoms with Gasteiger partial charge in [0, 0.05) is 18.8 Å². The molecule has 0 bridgehead atoms. The number of anilines is 2. The van der Waals surface area contributed by atoms with Gasteiger partial charge in [-0.1, -0.05) is 18.2 Å². The normalized spacial score (nSPS) is 18.0. The topological polar surface area (TPSA) is 74.1 Å². The molecule has 1 unspecified atom stereocenters. The fourth-order valence-corrected chi connectivity index (χ4v) is 2.22. The maximum Gasteiger partial charge on any atom is 0.232 e. The third-order valence-corrected chi connectivity index (χ3v) is 3.21. The van der Waals surface area contributed by atoms with Gasteiger partial charge in [-0.2, -0.15) is 5.26 Å². The highest BCUT2D eigenvalue weighted by atomic mass is 16.5. The summed E-state index contributed by atoms with van der Waals surface area (Å²) in [6, 6.07) is 11.9. The Morgan fingerprint density at radius 2 is 2.00 bits per heavy atom. The lowest BCUT2D eigenvalue weighted by Gasteiger charge is -2.34. The van der Waals surface area contributed by atoms with E-state index >= 15 is 0 Å². The van der Waals surface area contributed by atoms with Crippen molar-refractivity contribution in [1.29, 1.82) is 5.26 Å². The number of benzene rings is 1. The Morgan fingerprint density at radius 1 is 1.24 bits per heavy atom. The summed E-state index contributed by atoms with van der Waals surface area (Å²) in [5, 5.41) is 12.2. The number of nitrogens with zero attached hydrogens (tertiary/aromatic N) is 4. The number of morpholine rings is 1. The van der Waals surface area contributed by atoms with Gasteiger partial charge in [-0.25, -0.2) is 9.97 Å². The third-order valence-electron chi connectivity index (χ3n) is 3.21. The van der Waals surface area contributed by atoms with Crippen molar-refractivity contribution in [3.05, 3.63) is 48.3 Å². The summed E-state index contributed by atoms with van der Waals surface area (Å²) >= 11 is 0. The second kappa shape index (κ2) is 6.31. The van der Waals surface area contributed by atoms with Crippen LogP contribution >= 0.6 is 0 Å². The van der Waals surface area contributed by atoms with Crippen molar-refractivity contribution in [2.75, 3.05) is 24.6 Å². The largest absolute Gasteiger partial charge is 0.355 e.